The van der Waals surface area contributed by atoms with Crippen LogP contribution < -0.4 is 5.32 Å². The topological polar surface area (TPSA) is 107 Å². The maximum absolute atomic E-state index is 12.5. The Morgan fingerprint density at radius 3 is 2.44 bits per heavy atom. The molecule has 3 rings (SSSR count). The summed E-state index contributed by atoms with van der Waals surface area (Å²) in [5, 5.41) is 21.3. The third-order valence-corrected chi connectivity index (χ3v) is 4.58. The predicted octanol–water partition coefficient (Wildman–Crippen LogP) is 1.70. The molecule has 1 fully saturated rings. The number of amides is 2. The highest BCUT2D eigenvalue weighted by Crippen LogP contribution is 2.26. The van der Waals surface area contributed by atoms with Gasteiger partial charge in [0.2, 0.25) is 5.91 Å². The number of phenols is 2. The third-order valence-electron chi connectivity index (χ3n) is 4.58. The number of Topliss-reactive ketones (excluding diaryl/α,β-unsaturated/α-hetero) is 1. The first-order valence-corrected chi connectivity index (χ1v) is 8.65. The van der Waals surface area contributed by atoms with Crippen LogP contribution in [0.1, 0.15) is 33.6 Å². The van der Waals surface area contributed by atoms with Crippen LogP contribution in [0.4, 0.5) is 0 Å². The van der Waals surface area contributed by atoms with E-state index in [2.05, 4.69) is 5.32 Å². The van der Waals surface area contributed by atoms with Crippen molar-refractivity contribution >= 4 is 17.6 Å². The lowest BCUT2D eigenvalue weighted by Gasteiger charge is -2.22. The van der Waals surface area contributed by atoms with Crippen molar-refractivity contribution in [3.05, 3.63) is 59.7 Å². The molecule has 0 aromatic heterocycles. The molecule has 140 valence electrons. The maximum Gasteiger partial charge on any atom is 0.257 e. The zero-order valence-electron chi connectivity index (χ0n) is 14.6. The molecular formula is C20H20N2O5. The molecule has 0 saturated carbocycles. The minimum absolute atomic E-state index is 0.0121. The van der Waals surface area contributed by atoms with Gasteiger partial charge in [-0.25, -0.2) is 0 Å². The average molecular weight is 368 g/mol. The number of nitrogens with zero attached hydrogens (tertiary/aromatic N) is 1. The molecule has 2 aromatic carbocycles. The second-order valence-corrected chi connectivity index (χ2v) is 6.44. The second-order valence-electron chi connectivity index (χ2n) is 6.44. The minimum atomic E-state index is -0.563. The number of carbonyl (C=O) groups excluding carboxylic acids is 3. The summed E-state index contributed by atoms with van der Waals surface area (Å²) in [5.41, 5.74) is 0.641. The highest BCUT2D eigenvalue weighted by molar-refractivity contribution is 6.06. The molecule has 1 aliphatic rings. The fourth-order valence-electron chi connectivity index (χ4n) is 3.14. The van der Waals surface area contributed by atoms with Crippen molar-refractivity contribution in [3.63, 3.8) is 0 Å². The number of hydrogen-bond donors (Lipinski definition) is 3. The van der Waals surface area contributed by atoms with Crippen molar-refractivity contribution in [3.8, 4) is 11.5 Å². The SMILES string of the molecule is O=C(CN1CCC[C@@H]1C(=O)NC(=O)c1ccccc1)c1ccc(O)c(O)c1. The summed E-state index contributed by atoms with van der Waals surface area (Å²) in [6.07, 6.45) is 1.30. The number of imide groups is 1. The number of carbonyl (C=O) groups is 3. The van der Waals surface area contributed by atoms with Gasteiger partial charge in [-0.1, -0.05) is 18.2 Å². The van der Waals surface area contributed by atoms with Gasteiger partial charge in [0.05, 0.1) is 12.6 Å². The lowest BCUT2D eigenvalue weighted by molar-refractivity contribution is -0.124. The smallest absolute Gasteiger partial charge is 0.257 e. The van der Waals surface area contributed by atoms with Crippen LogP contribution in [0, 0.1) is 0 Å². The van der Waals surface area contributed by atoms with Gasteiger partial charge in [0.1, 0.15) is 0 Å². The van der Waals surface area contributed by atoms with Crippen molar-refractivity contribution < 1.29 is 24.6 Å². The molecule has 3 N–H and O–H groups in total. The first-order valence-electron chi connectivity index (χ1n) is 8.65. The molecule has 2 amide bonds. The third kappa shape index (κ3) is 4.32. The number of nitrogens with one attached hydrogen (secondary N) is 1. The minimum Gasteiger partial charge on any atom is -0.504 e. The Kier molecular flexibility index (Phi) is 5.52. The number of aromatic hydroxyl groups is 2. The molecular weight excluding hydrogens is 348 g/mol. The molecule has 1 saturated heterocycles. The van der Waals surface area contributed by atoms with E-state index in [1.54, 1.807) is 35.2 Å². The first-order chi connectivity index (χ1) is 13.0. The molecule has 0 unspecified atom stereocenters. The molecule has 7 heteroatoms. The van der Waals surface area contributed by atoms with E-state index in [-0.39, 0.29) is 29.4 Å². The van der Waals surface area contributed by atoms with Crippen molar-refractivity contribution in [1.29, 1.82) is 0 Å². The molecule has 2 aromatic rings. The normalized spacial score (nSPS) is 16.8. The lowest BCUT2D eigenvalue weighted by atomic mass is 10.1. The van der Waals surface area contributed by atoms with Crippen LogP contribution >= 0.6 is 0 Å². The molecule has 1 aliphatic heterocycles. The number of likely N-dealkylation sites (tertiary alicyclic amines) is 1. The van der Waals surface area contributed by atoms with Crippen LogP contribution in [0.5, 0.6) is 11.5 Å². The Morgan fingerprint density at radius 1 is 1.00 bits per heavy atom. The van der Waals surface area contributed by atoms with Crippen molar-refractivity contribution in [2.75, 3.05) is 13.1 Å². The highest BCUT2D eigenvalue weighted by Gasteiger charge is 2.33. The molecule has 27 heavy (non-hydrogen) atoms. The van der Waals surface area contributed by atoms with Gasteiger partial charge in [0.25, 0.3) is 5.91 Å². The van der Waals surface area contributed by atoms with E-state index in [1.807, 2.05) is 0 Å². The summed E-state index contributed by atoms with van der Waals surface area (Å²) in [5.74, 6) is -1.85. The van der Waals surface area contributed by atoms with Gasteiger partial charge in [0, 0.05) is 11.1 Å². The monoisotopic (exact) mass is 368 g/mol. The van der Waals surface area contributed by atoms with E-state index in [9.17, 15) is 24.6 Å². The van der Waals surface area contributed by atoms with Crippen LogP contribution in [-0.4, -0.2) is 51.8 Å². The van der Waals surface area contributed by atoms with E-state index in [1.165, 1.54) is 18.2 Å². The molecule has 0 bridgehead atoms. The summed E-state index contributed by atoms with van der Waals surface area (Å²) in [6.45, 7) is 0.551. The second kappa shape index (κ2) is 8.01. The van der Waals surface area contributed by atoms with Crippen LogP contribution in [0.3, 0.4) is 0 Å². The number of benzene rings is 2. The summed E-state index contributed by atoms with van der Waals surface area (Å²) < 4.78 is 0. The Labute approximate surface area is 156 Å². The van der Waals surface area contributed by atoms with E-state index in [4.69, 9.17) is 0 Å². The van der Waals surface area contributed by atoms with Crippen LogP contribution in [-0.2, 0) is 4.79 Å². The van der Waals surface area contributed by atoms with Gasteiger partial charge in [0.15, 0.2) is 17.3 Å². The van der Waals surface area contributed by atoms with Gasteiger partial charge in [-0.15, -0.1) is 0 Å². The average Bonchev–Trinajstić information content (AvgIpc) is 3.12. The molecule has 0 radical (unpaired) electrons. The van der Waals surface area contributed by atoms with Gasteiger partial charge in [-0.3, -0.25) is 24.6 Å². The van der Waals surface area contributed by atoms with Crippen LogP contribution in [0.15, 0.2) is 48.5 Å². The van der Waals surface area contributed by atoms with E-state index >= 15 is 0 Å². The zero-order valence-corrected chi connectivity index (χ0v) is 14.6. The van der Waals surface area contributed by atoms with Crippen molar-refractivity contribution in [2.45, 2.75) is 18.9 Å². The Hall–Kier alpha value is -3.19. The van der Waals surface area contributed by atoms with Crippen LogP contribution in [0.2, 0.25) is 0 Å². The number of hydrogen-bond acceptors (Lipinski definition) is 6. The fourth-order valence-corrected chi connectivity index (χ4v) is 3.14. The molecule has 7 nitrogen and oxygen atoms in total. The number of ketones is 1. The lowest BCUT2D eigenvalue weighted by Crippen LogP contribution is -2.46. The van der Waals surface area contributed by atoms with E-state index in [0.29, 0.717) is 18.5 Å². The first kappa shape index (κ1) is 18.6. The largest absolute Gasteiger partial charge is 0.504 e. The standard InChI is InChI=1S/C20H20N2O5/c23-16-9-8-14(11-17(16)24)18(25)12-22-10-4-7-15(22)20(27)21-19(26)13-5-2-1-3-6-13/h1-3,5-6,8-9,11,15,23-24H,4,7,10,12H2,(H,21,26,27)/t15-/m1/s1. The summed E-state index contributed by atoms with van der Waals surface area (Å²) in [7, 11) is 0. The van der Waals surface area contributed by atoms with Gasteiger partial charge < -0.3 is 10.2 Å². The van der Waals surface area contributed by atoms with Crippen molar-refractivity contribution in [2.24, 2.45) is 0 Å². The summed E-state index contributed by atoms with van der Waals surface area (Å²) in [4.78, 5) is 38.8. The Bertz CT molecular complexity index is 866. The van der Waals surface area contributed by atoms with E-state index < -0.39 is 17.9 Å². The quantitative estimate of drug-likeness (QED) is 0.421. The van der Waals surface area contributed by atoms with Gasteiger partial charge in [-0.05, 0) is 49.7 Å². The molecule has 1 heterocycles. The Morgan fingerprint density at radius 2 is 1.74 bits per heavy atom. The van der Waals surface area contributed by atoms with Crippen molar-refractivity contribution in [1.82, 2.24) is 10.2 Å². The molecule has 0 aliphatic carbocycles. The highest BCUT2D eigenvalue weighted by atomic mass is 16.3. The van der Waals surface area contributed by atoms with E-state index in [0.717, 1.165) is 6.42 Å². The maximum atomic E-state index is 12.5. The molecule has 1 atom stereocenters. The fraction of sp³-hybridized carbons (Fsp3) is 0.250. The van der Waals surface area contributed by atoms with Crippen LogP contribution in [0.25, 0.3) is 0 Å². The predicted molar refractivity (Wildman–Crippen MR) is 97.6 cm³/mol. The Balaban J connectivity index is 1.64. The number of phenolic OH excluding ortho intramolecular Hbond substituents is 2. The van der Waals surface area contributed by atoms with Gasteiger partial charge >= 0.3 is 0 Å². The molecule has 0 spiro atoms. The summed E-state index contributed by atoms with van der Waals surface area (Å²) >= 11 is 0. The summed E-state index contributed by atoms with van der Waals surface area (Å²) in [6, 6.07) is 11.8. The zero-order chi connectivity index (χ0) is 19.4. The number of rotatable bonds is 5. The van der Waals surface area contributed by atoms with Gasteiger partial charge in [-0.2, -0.15) is 0 Å².